The largest absolute Gasteiger partial charge is 0.478 e. The summed E-state index contributed by atoms with van der Waals surface area (Å²) in [6, 6.07) is 12.4. The van der Waals surface area contributed by atoms with Crippen molar-refractivity contribution in [2.75, 3.05) is 0 Å². The van der Waals surface area contributed by atoms with E-state index in [2.05, 4.69) is 0 Å². The number of carboxylic acids is 1. The van der Waals surface area contributed by atoms with Gasteiger partial charge in [0.1, 0.15) is 17.2 Å². The van der Waals surface area contributed by atoms with Crippen LogP contribution in [0.1, 0.15) is 10.4 Å². The summed E-state index contributed by atoms with van der Waals surface area (Å²) in [6.07, 6.45) is 0. The van der Waals surface area contributed by atoms with Crippen LogP contribution in [0.5, 0.6) is 0 Å². The van der Waals surface area contributed by atoms with E-state index in [1.165, 1.54) is 24.3 Å². The third-order valence-corrected chi connectivity index (χ3v) is 2.87. The number of aromatic carboxylic acids is 1. The Morgan fingerprint density at radius 3 is 2.74 bits per heavy atom. The number of fused-ring (bicyclic) bond motifs is 1. The van der Waals surface area contributed by atoms with Gasteiger partial charge in [0.15, 0.2) is 0 Å². The Kier molecular flexibility index (Phi) is 2.56. The van der Waals surface area contributed by atoms with Crippen LogP contribution in [0.25, 0.3) is 22.3 Å². The molecule has 3 nitrogen and oxygen atoms in total. The van der Waals surface area contributed by atoms with Crippen LogP contribution in [-0.4, -0.2) is 11.1 Å². The summed E-state index contributed by atoms with van der Waals surface area (Å²) in [5, 5.41) is 9.60. The Balaban J connectivity index is 2.13. The zero-order valence-corrected chi connectivity index (χ0v) is 9.76. The SMILES string of the molecule is O=C(O)c1cccc(-c2cc3cc(F)ccc3o2)c1. The Morgan fingerprint density at radius 2 is 1.95 bits per heavy atom. The highest BCUT2D eigenvalue weighted by atomic mass is 19.1. The first-order chi connectivity index (χ1) is 9.13. The Hall–Kier alpha value is -2.62. The Bertz CT molecular complexity index is 774. The van der Waals surface area contributed by atoms with E-state index in [0.29, 0.717) is 22.3 Å². The number of rotatable bonds is 2. The molecule has 94 valence electrons. The lowest BCUT2D eigenvalue weighted by atomic mass is 10.1. The summed E-state index contributed by atoms with van der Waals surface area (Å²) in [6.45, 7) is 0. The quantitative estimate of drug-likeness (QED) is 0.755. The van der Waals surface area contributed by atoms with Crippen molar-refractivity contribution < 1.29 is 18.7 Å². The van der Waals surface area contributed by atoms with Gasteiger partial charge in [-0.25, -0.2) is 9.18 Å². The molecule has 0 amide bonds. The lowest BCUT2D eigenvalue weighted by Crippen LogP contribution is -1.95. The van der Waals surface area contributed by atoms with Crippen LogP contribution in [0.2, 0.25) is 0 Å². The number of halogens is 1. The number of furan rings is 1. The second kappa shape index (κ2) is 4.24. The molecule has 0 radical (unpaired) electrons. The minimum absolute atomic E-state index is 0.184. The molecule has 0 spiro atoms. The van der Waals surface area contributed by atoms with Gasteiger partial charge in [-0.1, -0.05) is 12.1 Å². The van der Waals surface area contributed by atoms with Crippen LogP contribution in [0.15, 0.2) is 52.9 Å². The lowest BCUT2D eigenvalue weighted by Gasteiger charge is -1.98. The van der Waals surface area contributed by atoms with E-state index in [4.69, 9.17) is 9.52 Å². The summed E-state index contributed by atoms with van der Waals surface area (Å²) in [7, 11) is 0. The molecule has 0 bridgehead atoms. The van der Waals surface area contributed by atoms with E-state index in [9.17, 15) is 9.18 Å². The monoisotopic (exact) mass is 256 g/mol. The maximum Gasteiger partial charge on any atom is 0.335 e. The predicted octanol–water partition coefficient (Wildman–Crippen LogP) is 3.94. The summed E-state index contributed by atoms with van der Waals surface area (Å²) in [4.78, 5) is 10.9. The van der Waals surface area contributed by atoms with E-state index >= 15 is 0 Å². The molecular formula is C15H9FO3. The van der Waals surface area contributed by atoms with E-state index in [1.54, 1.807) is 24.3 Å². The molecule has 0 atom stereocenters. The van der Waals surface area contributed by atoms with Crippen LogP contribution >= 0.6 is 0 Å². The minimum atomic E-state index is -0.996. The van der Waals surface area contributed by atoms with Gasteiger partial charge in [0.25, 0.3) is 0 Å². The van der Waals surface area contributed by atoms with Crippen molar-refractivity contribution in [2.45, 2.75) is 0 Å². The molecule has 19 heavy (non-hydrogen) atoms. The van der Waals surface area contributed by atoms with Crippen LogP contribution in [0.3, 0.4) is 0 Å². The van der Waals surface area contributed by atoms with E-state index < -0.39 is 5.97 Å². The van der Waals surface area contributed by atoms with E-state index in [0.717, 1.165) is 0 Å². The fourth-order valence-electron chi connectivity index (χ4n) is 1.96. The highest BCUT2D eigenvalue weighted by molar-refractivity contribution is 5.90. The van der Waals surface area contributed by atoms with Gasteiger partial charge in [-0.3, -0.25) is 0 Å². The number of hydrogen-bond donors (Lipinski definition) is 1. The van der Waals surface area contributed by atoms with Crippen molar-refractivity contribution in [1.82, 2.24) is 0 Å². The lowest BCUT2D eigenvalue weighted by molar-refractivity contribution is 0.0697. The molecule has 1 heterocycles. The Labute approximate surface area is 107 Å². The predicted molar refractivity (Wildman–Crippen MR) is 68.6 cm³/mol. The smallest absolute Gasteiger partial charge is 0.335 e. The first kappa shape index (κ1) is 11.5. The molecular weight excluding hydrogens is 247 g/mol. The van der Waals surface area contributed by atoms with Crippen LogP contribution in [0, 0.1) is 5.82 Å². The number of hydrogen-bond acceptors (Lipinski definition) is 2. The van der Waals surface area contributed by atoms with Crippen molar-refractivity contribution >= 4 is 16.9 Å². The topological polar surface area (TPSA) is 50.4 Å². The van der Waals surface area contributed by atoms with Crippen LogP contribution in [0.4, 0.5) is 4.39 Å². The Morgan fingerprint density at radius 1 is 1.11 bits per heavy atom. The van der Waals surface area contributed by atoms with Gasteiger partial charge >= 0.3 is 5.97 Å². The van der Waals surface area contributed by atoms with E-state index in [1.807, 2.05) is 0 Å². The summed E-state index contributed by atoms with van der Waals surface area (Å²) in [5.74, 6) is -0.813. The van der Waals surface area contributed by atoms with Crippen molar-refractivity contribution in [3.05, 3.63) is 59.9 Å². The zero-order chi connectivity index (χ0) is 13.4. The van der Waals surface area contributed by atoms with Gasteiger partial charge in [-0.05, 0) is 36.4 Å². The standard InChI is InChI=1S/C15H9FO3/c16-12-4-5-13-11(7-12)8-14(19-13)9-2-1-3-10(6-9)15(17)18/h1-8H,(H,17,18). The third-order valence-electron chi connectivity index (χ3n) is 2.87. The van der Waals surface area contributed by atoms with Crippen LogP contribution in [-0.2, 0) is 0 Å². The normalized spacial score (nSPS) is 10.8. The molecule has 0 fully saturated rings. The minimum Gasteiger partial charge on any atom is -0.478 e. The summed E-state index contributed by atoms with van der Waals surface area (Å²) >= 11 is 0. The van der Waals surface area contributed by atoms with Gasteiger partial charge in [-0.15, -0.1) is 0 Å². The fraction of sp³-hybridized carbons (Fsp3) is 0. The maximum atomic E-state index is 13.1. The highest BCUT2D eigenvalue weighted by Gasteiger charge is 2.09. The fourth-order valence-corrected chi connectivity index (χ4v) is 1.96. The molecule has 0 unspecified atom stereocenters. The molecule has 4 heteroatoms. The number of carboxylic acid groups (broad SMARTS) is 1. The maximum absolute atomic E-state index is 13.1. The average Bonchev–Trinajstić information content (AvgIpc) is 2.81. The first-order valence-corrected chi connectivity index (χ1v) is 5.66. The zero-order valence-electron chi connectivity index (χ0n) is 9.76. The van der Waals surface area contributed by atoms with Crippen molar-refractivity contribution in [3.8, 4) is 11.3 Å². The molecule has 3 aromatic rings. The molecule has 3 rings (SSSR count). The molecule has 0 saturated carbocycles. The van der Waals surface area contributed by atoms with Gasteiger partial charge < -0.3 is 9.52 Å². The van der Waals surface area contributed by atoms with Crippen LogP contribution < -0.4 is 0 Å². The molecule has 1 aromatic heterocycles. The van der Waals surface area contributed by atoms with E-state index in [-0.39, 0.29) is 11.4 Å². The molecule has 1 N–H and O–H groups in total. The number of carbonyl (C=O) groups is 1. The van der Waals surface area contributed by atoms with Gasteiger partial charge in [0, 0.05) is 10.9 Å². The van der Waals surface area contributed by atoms with Gasteiger partial charge in [-0.2, -0.15) is 0 Å². The molecule has 2 aromatic carbocycles. The van der Waals surface area contributed by atoms with Gasteiger partial charge in [0.05, 0.1) is 5.56 Å². The molecule has 0 aliphatic carbocycles. The van der Waals surface area contributed by atoms with Gasteiger partial charge in [0.2, 0.25) is 0 Å². The average molecular weight is 256 g/mol. The molecule has 0 saturated heterocycles. The van der Waals surface area contributed by atoms with Crippen molar-refractivity contribution in [3.63, 3.8) is 0 Å². The molecule has 0 aliphatic rings. The van der Waals surface area contributed by atoms with Crippen molar-refractivity contribution in [2.24, 2.45) is 0 Å². The van der Waals surface area contributed by atoms with Crippen molar-refractivity contribution in [1.29, 1.82) is 0 Å². The first-order valence-electron chi connectivity index (χ1n) is 5.66. The second-order valence-corrected chi connectivity index (χ2v) is 4.18. The third kappa shape index (κ3) is 2.08. The number of benzene rings is 2. The molecule has 0 aliphatic heterocycles. The summed E-state index contributed by atoms with van der Waals surface area (Å²) < 4.78 is 18.7. The summed E-state index contributed by atoms with van der Waals surface area (Å²) in [5.41, 5.74) is 1.40. The second-order valence-electron chi connectivity index (χ2n) is 4.18. The highest BCUT2D eigenvalue weighted by Crippen LogP contribution is 2.28.